The molecule has 8 heteroatoms. The molecule has 150 valence electrons. The Labute approximate surface area is 177 Å². The summed E-state index contributed by atoms with van der Waals surface area (Å²) in [6.07, 6.45) is 3.11. The van der Waals surface area contributed by atoms with Crippen molar-refractivity contribution in [3.05, 3.63) is 95.5 Å². The van der Waals surface area contributed by atoms with E-state index in [1.807, 2.05) is 42.5 Å². The zero-order chi connectivity index (χ0) is 20.8. The summed E-state index contributed by atoms with van der Waals surface area (Å²) in [5, 5.41) is 4.56. The van der Waals surface area contributed by atoms with Crippen LogP contribution in [0.2, 0.25) is 5.02 Å². The Morgan fingerprint density at radius 1 is 1.07 bits per heavy atom. The van der Waals surface area contributed by atoms with Crippen molar-refractivity contribution >= 4 is 17.4 Å². The van der Waals surface area contributed by atoms with Gasteiger partial charge >= 0.3 is 0 Å². The summed E-state index contributed by atoms with van der Waals surface area (Å²) >= 11 is 6.00. The molecule has 0 aliphatic rings. The first-order valence-electron chi connectivity index (χ1n) is 9.03. The standard InChI is InChI=1S/C22H17ClN4O3/c23-16-7-4-6-15(12-16)21-26-17(13-28-21)14-29-27-20(24)19-10-5-11-25-22(19)30-18-8-2-1-3-9-18/h1-13H,14H2,(H2,24,27). The monoisotopic (exact) mass is 420 g/mol. The Balaban J connectivity index is 1.43. The number of nitrogens with zero attached hydrogens (tertiary/aromatic N) is 3. The largest absolute Gasteiger partial charge is 0.444 e. The van der Waals surface area contributed by atoms with Gasteiger partial charge in [0.15, 0.2) is 12.4 Å². The third kappa shape index (κ3) is 4.76. The topological polar surface area (TPSA) is 95.8 Å². The highest BCUT2D eigenvalue weighted by atomic mass is 35.5. The van der Waals surface area contributed by atoms with Crippen LogP contribution in [-0.4, -0.2) is 15.8 Å². The average Bonchev–Trinajstić information content (AvgIpc) is 3.24. The van der Waals surface area contributed by atoms with E-state index in [1.165, 1.54) is 6.26 Å². The van der Waals surface area contributed by atoms with Crippen LogP contribution in [0.25, 0.3) is 11.5 Å². The van der Waals surface area contributed by atoms with Gasteiger partial charge in [0.25, 0.3) is 0 Å². The number of para-hydroxylation sites is 1. The second-order valence-electron chi connectivity index (χ2n) is 6.18. The van der Waals surface area contributed by atoms with E-state index >= 15 is 0 Å². The molecule has 30 heavy (non-hydrogen) atoms. The maximum absolute atomic E-state index is 6.07. The number of hydrogen-bond donors (Lipinski definition) is 1. The molecule has 7 nitrogen and oxygen atoms in total. The van der Waals surface area contributed by atoms with Gasteiger partial charge in [-0.2, -0.15) is 0 Å². The quantitative estimate of drug-likeness (QED) is 0.256. The summed E-state index contributed by atoms with van der Waals surface area (Å²) in [7, 11) is 0. The second-order valence-corrected chi connectivity index (χ2v) is 6.61. The number of oxazole rings is 1. The van der Waals surface area contributed by atoms with Gasteiger partial charge in [-0.1, -0.05) is 41.0 Å². The van der Waals surface area contributed by atoms with Crippen molar-refractivity contribution in [3.63, 3.8) is 0 Å². The van der Waals surface area contributed by atoms with Crippen LogP contribution in [0.4, 0.5) is 0 Å². The minimum absolute atomic E-state index is 0.0832. The molecule has 0 aliphatic heterocycles. The molecule has 2 N–H and O–H groups in total. The first-order chi connectivity index (χ1) is 14.7. The van der Waals surface area contributed by atoms with Crippen LogP contribution in [0.15, 0.2) is 88.8 Å². The number of amidine groups is 1. The maximum Gasteiger partial charge on any atom is 0.230 e. The van der Waals surface area contributed by atoms with Gasteiger partial charge in [0.05, 0.1) is 5.56 Å². The fourth-order valence-corrected chi connectivity index (χ4v) is 2.80. The molecular formula is C22H17ClN4O3. The van der Waals surface area contributed by atoms with Gasteiger partial charge in [0, 0.05) is 16.8 Å². The van der Waals surface area contributed by atoms with Crippen LogP contribution < -0.4 is 10.5 Å². The average molecular weight is 421 g/mol. The van der Waals surface area contributed by atoms with Crippen molar-refractivity contribution in [1.82, 2.24) is 9.97 Å². The number of nitrogens with two attached hydrogens (primary N) is 1. The number of hydrogen-bond acceptors (Lipinski definition) is 6. The summed E-state index contributed by atoms with van der Waals surface area (Å²) in [6.45, 7) is 0.0832. The lowest BCUT2D eigenvalue weighted by molar-refractivity contribution is 0.127. The molecular weight excluding hydrogens is 404 g/mol. The molecule has 0 spiro atoms. The molecule has 2 aromatic heterocycles. The SMILES string of the molecule is N/C(=N/OCc1coc(-c2cccc(Cl)c2)n1)c1cccnc1Oc1ccccc1. The Kier molecular flexibility index (Phi) is 5.91. The van der Waals surface area contributed by atoms with Crippen LogP contribution >= 0.6 is 11.6 Å². The zero-order valence-electron chi connectivity index (χ0n) is 15.7. The molecule has 0 atom stereocenters. The van der Waals surface area contributed by atoms with Crippen LogP contribution in [0, 0.1) is 0 Å². The van der Waals surface area contributed by atoms with Crippen LogP contribution in [-0.2, 0) is 11.4 Å². The van der Waals surface area contributed by atoms with Crippen molar-refractivity contribution in [1.29, 1.82) is 0 Å². The molecule has 0 amide bonds. The molecule has 0 unspecified atom stereocenters. The lowest BCUT2D eigenvalue weighted by Gasteiger charge is -2.09. The van der Waals surface area contributed by atoms with Gasteiger partial charge < -0.3 is 19.7 Å². The molecule has 2 heterocycles. The van der Waals surface area contributed by atoms with E-state index in [4.69, 9.17) is 31.3 Å². The predicted molar refractivity (Wildman–Crippen MR) is 113 cm³/mol. The molecule has 0 radical (unpaired) electrons. The third-order valence-corrected chi connectivity index (χ3v) is 4.24. The van der Waals surface area contributed by atoms with Crippen LogP contribution in [0.5, 0.6) is 11.6 Å². The van der Waals surface area contributed by atoms with E-state index < -0.39 is 0 Å². The number of rotatable bonds is 7. The number of pyridine rings is 1. The summed E-state index contributed by atoms with van der Waals surface area (Å²) in [5.74, 6) is 1.55. The molecule has 0 saturated carbocycles. The fraction of sp³-hybridized carbons (Fsp3) is 0.0455. The summed E-state index contributed by atoms with van der Waals surface area (Å²) in [4.78, 5) is 13.9. The molecule has 0 bridgehead atoms. The van der Waals surface area contributed by atoms with Gasteiger partial charge in [0.2, 0.25) is 11.8 Å². The molecule has 0 saturated heterocycles. The minimum Gasteiger partial charge on any atom is -0.444 e. The van der Waals surface area contributed by atoms with Crippen LogP contribution in [0.3, 0.4) is 0 Å². The Morgan fingerprint density at radius 2 is 1.93 bits per heavy atom. The van der Waals surface area contributed by atoms with Crippen molar-refractivity contribution in [2.45, 2.75) is 6.61 Å². The third-order valence-electron chi connectivity index (χ3n) is 4.00. The first-order valence-corrected chi connectivity index (χ1v) is 9.41. The van der Waals surface area contributed by atoms with E-state index in [1.54, 1.807) is 30.5 Å². The summed E-state index contributed by atoms with van der Waals surface area (Å²) in [5.41, 5.74) is 7.92. The van der Waals surface area contributed by atoms with Crippen molar-refractivity contribution in [2.24, 2.45) is 10.9 Å². The van der Waals surface area contributed by atoms with Crippen LogP contribution in [0.1, 0.15) is 11.3 Å². The summed E-state index contributed by atoms with van der Waals surface area (Å²) in [6, 6.07) is 20.0. The number of oxime groups is 1. The first kappa shape index (κ1) is 19.5. The van der Waals surface area contributed by atoms with Gasteiger partial charge in [-0.25, -0.2) is 9.97 Å². The van der Waals surface area contributed by atoms with Gasteiger partial charge in [-0.15, -0.1) is 0 Å². The van der Waals surface area contributed by atoms with Crippen molar-refractivity contribution in [3.8, 4) is 23.1 Å². The normalized spacial score (nSPS) is 11.3. The number of ether oxygens (including phenoxy) is 1. The predicted octanol–water partition coefficient (Wildman–Crippen LogP) is 5.02. The number of aromatic nitrogens is 2. The molecule has 0 aliphatic carbocycles. The Bertz CT molecular complexity index is 1160. The molecule has 2 aromatic carbocycles. The highest BCUT2D eigenvalue weighted by Gasteiger charge is 2.11. The lowest BCUT2D eigenvalue weighted by Crippen LogP contribution is -2.15. The highest BCUT2D eigenvalue weighted by molar-refractivity contribution is 6.30. The maximum atomic E-state index is 6.07. The lowest BCUT2D eigenvalue weighted by atomic mass is 10.2. The molecule has 4 aromatic rings. The zero-order valence-corrected chi connectivity index (χ0v) is 16.5. The highest BCUT2D eigenvalue weighted by Crippen LogP contribution is 2.23. The van der Waals surface area contributed by atoms with E-state index in [0.717, 1.165) is 5.56 Å². The Hall–Kier alpha value is -3.84. The smallest absolute Gasteiger partial charge is 0.230 e. The number of benzene rings is 2. The van der Waals surface area contributed by atoms with E-state index in [-0.39, 0.29) is 12.4 Å². The van der Waals surface area contributed by atoms with Gasteiger partial charge in [0.1, 0.15) is 17.7 Å². The van der Waals surface area contributed by atoms with Gasteiger partial charge in [-0.05, 0) is 42.5 Å². The molecule has 4 rings (SSSR count). The fourth-order valence-electron chi connectivity index (χ4n) is 2.61. The number of halogens is 1. The van der Waals surface area contributed by atoms with Crippen molar-refractivity contribution in [2.75, 3.05) is 0 Å². The van der Waals surface area contributed by atoms with E-state index in [2.05, 4.69) is 15.1 Å². The van der Waals surface area contributed by atoms with Crippen molar-refractivity contribution < 1.29 is 14.0 Å². The van der Waals surface area contributed by atoms with Gasteiger partial charge in [-0.3, -0.25) is 0 Å². The van der Waals surface area contributed by atoms with E-state index in [9.17, 15) is 0 Å². The summed E-state index contributed by atoms with van der Waals surface area (Å²) < 4.78 is 11.3. The molecule has 0 fully saturated rings. The minimum atomic E-state index is 0.0832. The van der Waals surface area contributed by atoms with E-state index in [0.29, 0.717) is 33.8 Å². The second kappa shape index (κ2) is 9.11. The Morgan fingerprint density at radius 3 is 2.77 bits per heavy atom.